The number of aromatic carboxylic acids is 1. The van der Waals surface area contributed by atoms with Crippen LogP contribution in [0.1, 0.15) is 48.0 Å². The maximum Gasteiger partial charge on any atom is 0.335 e. The second kappa shape index (κ2) is 7.44. The fourth-order valence-electron chi connectivity index (χ4n) is 3.16. The van der Waals surface area contributed by atoms with Gasteiger partial charge in [0.25, 0.3) is 0 Å². The molecular weight excluding hydrogens is 250 g/mol. The van der Waals surface area contributed by atoms with Crippen LogP contribution in [0.2, 0.25) is 0 Å². The van der Waals surface area contributed by atoms with E-state index in [2.05, 4.69) is 11.9 Å². The Kier molecular flexibility index (Phi) is 5.60. The molecule has 0 amide bonds. The minimum atomic E-state index is -0.824. The molecule has 1 saturated carbocycles. The first-order chi connectivity index (χ1) is 9.66. The van der Waals surface area contributed by atoms with E-state index in [9.17, 15) is 9.90 Å². The molecule has 0 aliphatic heterocycles. The zero-order valence-corrected chi connectivity index (χ0v) is 12.3. The van der Waals surface area contributed by atoms with Gasteiger partial charge in [0, 0.05) is 13.1 Å². The van der Waals surface area contributed by atoms with Crippen LogP contribution < -0.4 is 0 Å². The summed E-state index contributed by atoms with van der Waals surface area (Å²) in [4.78, 5) is 13.5. The lowest BCUT2D eigenvalue weighted by molar-refractivity contribution is 0.0695. The predicted octanol–water partition coefficient (Wildman–Crippen LogP) is 3.44. The molecule has 110 valence electrons. The fraction of sp³-hybridized carbons (Fsp3) is 0.588. The van der Waals surface area contributed by atoms with Crippen LogP contribution in [0.4, 0.5) is 0 Å². The number of rotatable bonds is 6. The largest absolute Gasteiger partial charge is 0.478 e. The third-order valence-electron chi connectivity index (χ3n) is 4.31. The van der Waals surface area contributed by atoms with Crippen molar-refractivity contribution in [2.75, 3.05) is 20.1 Å². The summed E-state index contributed by atoms with van der Waals surface area (Å²) in [6, 6.07) is 7.33. The summed E-state index contributed by atoms with van der Waals surface area (Å²) >= 11 is 0. The molecule has 1 aliphatic rings. The number of carboxylic acids is 1. The smallest absolute Gasteiger partial charge is 0.335 e. The highest BCUT2D eigenvalue weighted by Gasteiger charge is 2.16. The second-order valence-corrected chi connectivity index (χ2v) is 5.98. The average molecular weight is 275 g/mol. The van der Waals surface area contributed by atoms with Crippen LogP contribution in [0.25, 0.3) is 0 Å². The number of nitrogens with zero attached hydrogens (tertiary/aromatic N) is 1. The maximum atomic E-state index is 11.2. The molecule has 2 rings (SSSR count). The van der Waals surface area contributed by atoms with E-state index in [1.807, 2.05) is 12.1 Å². The van der Waals surface area contributed by atoms with Gasteiger partial charge in [0.2, 0.25) is 0 Å². The third kappa shape index (κ3) is 4.34. The lowest BCUT2D eigenvalue weighted by atomic mass is 9.89. The molecule has 0 saturated heterocycles. The Bertz CT molecular complexity index is 438. The normalized spacial score (nSPS) is 16.5. The number of likely N-dealkylation sites (N-methyl/N-ethyl adjacent to an activating group) is 1. The topological polar surface area (TPSA) is 40.5 Å². The number of hydrogen-bond donors (Lipinski definition) is 1. The maximum absolute atomic E-state index is 11.2. The summed E-state index contributed by atoms with van der Waals surface area (Å²) in [7, 11) is 2.15. The highest BCUT2D eigenvalue weighted by atomic mass is 16.4. The summed E-state index contributed by atoms with van der Waals surface area (Å²) < 4.78 is 0. The standard InChI is InChI=1S/C17H25NO2/c1-18(13-14-7-3-2-4-8-14)12-11-15-9-5-6-10-16(15)17(19)20/h5-6,9-10,14H,2-4,7-8,11-13H2,1H3,(H,19,20). The number of benzene rings is 1. The molecule has 3 nitrogen and oxygen atoms in total. The Balaban J connectivity index is 1.83. The van der Waals surface area contributed by atoms with Gasteiger partial charge in [0.05, 0.1) is 5.56 Å². The van der Waals surface area contributed by atoms with Crippen molar-refractivity contribution in [2.45, 2.75) is 38.5 Å². The summed E-state index contributed by atoms with van der Waals surface area (Å²) in [6.07, 6.45) is 7.67. The highest BCUT2D eigenvalue weighted by Crippen LogP contribution is 2.24. The molecule has 0 radical (unpaired) electrons. The van der Waals surface area contributed by atoms with Crippen LogP contribution in [0.5, 0.6) is 0 Å². The van der Waals surface area contributed by atoms with Crippen molar-refractivity contribution in [3.8, 4) is 0 Å². The van der Waals surface area contributed by atoms with Crippen molar-refractivity contribution in [3.05, 3.63) is 35.4 Å². The van der Waals surface area contributed by atoms with Crippen LogP contribution in [-0.4, -0.2) is 36.1 Å². The molecular formula is C17H25NO2. The minimum absolute atomic E-state index is 0.443. The Labute approximate surface area is 121 Å². The van der Waals surface area contributed by atoms with E-state index in [4.69, 9.17) is 0 Å². The molecule has 0 heterocycles. The lowest BCUT2D eigenvalue weighted by Crippen LogP contribution is -2.29. The Morgan fingerprint density at radius 3 is 2.65 bits per heavy atom. The van der Waals surface area contributed by atoms with E-state index >= 15 is 0 Å². The van der Waals surface area contributed by atoms with Crippen LogP contribution in [0.15, 0.2) is 24.3 Å². The van der Waals surface area contributed by atoms with E-state index in [1.165, 1.54) is 32.1 Å². The van der Waals surface area contributed by atoms with Gasteiger partial charge in [-0.3, -0.25) is 0 Å². The van der Waals surface area contributed by atoms with Crippen LogP contribution in [0, 0.1) is 5.92 Å². The Morgan fingerprint density at radius 1 is 1.25 bits per heavy atom. The molecule has 0 aromatic heterocycles. The molecule has 1 aromatic carbocycles. The van der Waals surface area contributed by atoms with Gasteiger partial charge in [-0.1, -0.05) is 37.5 Å². The van der Waals surface area contributed by atoms with Crippen molar-refractivity contribution in [1.29, 1.82) is 0 Å². The molecule has 0 spiro atoms. The predicted molar refractivity (Wildman–Crippen MR) is 81.2 cm³/mol. The number of carbonyl (C=O) groups is 1. The molecule has 1 aliphatic carbocycles. The van der Waals surface area contributed by atoms with E-state index in [0.717, 1.165) is 31.0 Å². The van der Waals surface area contributed by atoms with Crippen LogP contribution in [0.3, 0.4) is 0 Å². The van der Waals surface area contributed by atoms with E-state index in [1.54, 1.807) is 12.1 Å². The SMILES string of the molecule is CN(CCc1ccccc1C(=O)O)CC1CCCCC1. The molecule has 20 heavy (non-hydrogen) atoms. The quantitative estimate of drug-likeness (QED) is 0.864. The van der Waals surface area contributed by atoms with Crippen LogP contribution >= 0.6 is 0 Å². The highest BCUT2D eigenvalue weighted by molar-refractivity contribution is 5.89. The molecule has 3 heteroatoms. The van der Waals surface area contributed by atoms with E-state index in [0.29, 0.717) is 5.56 Å². The summed E-state index contributed by atoms with van der Waals surface area (Å²) in [6.45, 7) is 2.08. The minimum Gasteiger partial charge on any atom is -0.478 e. The first-order valence-corrected chi connectivity index (χ1v) is 7.66. The van der Waals surface area contributed by atoms with Crippen LogP contribution in [-0.2, 0) is 6.42 Å². The van der Waals surface area contributed by atoms with E-state index in [-0.39, 0.29) is 0 Å². The van der Waals surface area contributed by atoms with Gasteiger partial charge in [-0.15, -0.1) is 0 Å². The van der Waals surface area contributed by atoms with Crippen molar-refractivity contribution < 1.29 is 9.90 Å². The van der Waals surface area contributed by atoms with Gasteiger partial charge in [0.1, 0.15) is 0 Å². The molecule has 0 atom stereocenters. The zero-order valence-electron chi connectivity index (χ0n) is 12.3. The van der Waals surface area contributed by atoms with Crippen molar-refractivity contribution >= 4 is 5.97 Å². The van der Waals surface area contributed by atoms with Gasteiger partial charge in [-0.2, -0.15) is 0 Å². The molecule has 0 bridgehead atoms. The second-order valence-electron chi connectivity index (χ2n) is 5.98. The Morgan fingerprint density at radius 2 is 1.95 bits per heavy atom. The number of hydrogen-bond acceptors (Lipinski definition) is 2. The lowest BCUT2D eigenvalue weighted by Gasteiger charge is -2.27. The van der Waals surface area contributed by atoms with Gasteiger partial charge < -0.3 is 10.0 Å². The van der Waals surface area contributed by atoms with Crippen molar-refractivity contribution in [2.24, 2.45) is 5.92 Å². The first-order valence-electron chi connectivity index (χ1n) is 7.66. The average Bonchev–Trinajstić information content (AvgIpc) is 2.46. The van der Waals surface area contributed by atoms with Gasteiger partial charge >= 0.3 is 5.97 Å². The molecule has 0 unspecified atom stereocenters. The third-order valence-corrected chi connectivity index (χ3v) is 4.31. The summed E-state index contributed by atoms with van der Waals surface area (Å²) in [5, 5.41) is 9.18. The summed E-state index contributed by atoms with van der Waals surface area (Å²) in [5.74, 6) is 0.0130. The fourth-order valence-corrected chi connectivity index (χ4v) is 3.16. The molecule has 1 aromatic rings. The number of carboxylic acid groups (broad SMARTS) is 1. The molecule has 1 fully saturated rings. The van der Waals surface area contributed by atoms with Gasteiger partial charge in [-0.05, 0) is 43.9 Å². The Hall–Kier alpha value is -1.35. The van der Waals surface area contributed by atoms with Crippen molar-refractivity contribution in [3.63, 3.8) is 0 Å². The van der Waals surface area contributed by atoms with Gasteiger partial charge in [0.15, 0.2) is 0 Å². The zero-order chi connectivity index (χ0) is 14.4. The van der Waals surface area contributed by atoms with Crippen molar-refractivity contribution in [1.82, 2.24) is 4.90 Å². The van der Waals surface area contributed by atoms with E-state index < -0.39 is 5.97 Å². The van der Waals surface area contributed by atoms with Gasteiger partial charge in [-0.25, -0.2) is 4.79 Å². The first kappa shape index (κ1) is 15.0. The molecule has 1 N–H and O–H groups in total. The monoisotopic (exact) mass is 275 g/mol. The summed E-state index contributed by atoms with van der Waals surface area (Å²) in [5.41, 5.74) is 1.38.